The van der Waals surface area contributed by atoms with E-state index in [1.54, 1.807) is 0 Å². The predicted octanol–water partition coefficient (Wildman–Crippen LogP) is 3.83. The second-order valence-corrected chi connectivity index (χ2v) is 8.48. The van der Waals surface area contributed by atoms with Gasteiger partial charge in [0.25, 0.3) is 0 Å². The lowest BCUT2D eigenvalue weighted by Crippen LogP contribution is -2.45. The summed E-state index contributed by atoms with van der Waals surface area (Å²) in [5.74, 6) is 1.11. The van der Waals surface area contributed by atoms with E-state index in [9.17, 15) is 4.79 Å². The number of anilines is 1. The number of guanidine groups is 1. The monoisotopic (exact) mass is 400 g/mol. The summed E-state index contributed by atoms with van der Waals surface area (Å²) in [7, 11) is 0. The quantitative estimate of drug-likeness (QED) is 0.480. The molecule has 1 saturated heterocycles. The number of aliphatic imine (C=N–C) groups is 1. The SMILES string of the molecule is CCNC(=NCc1cccc(NC(=O)C2CCCCC2)c1)NCC1(C)CCCO1. The van der Waals surface area contributed by atoms with Gasteiger partial charge in [-0.1, -0.05) is 31.4 Å². The number of amides is 1. The maximum atomic E-state index is 12.5. The molecule has 1 aromatic rings. The van der Waals surface area contributed by atoms with E-state index in [4.69, 9.17) is 9.73 Å². The smallest absolute Gasteiger partial charge is 0.227 e. The number of nitrogens with one attached hydrogen (secondary N) is 3. The molecule has 1 amide bonds. The van der Waals surface area contributed by atoms with Gasteiger partial charge in [-0.05, 0) is 57.2 Å². The second kappa shape index (κ2) is 10.6. The molecule has 0 spiro atoms. The largest absolute Gasteiger partial charge is 0.373 e. The summed E-state index contributed by atoms with van der Waals surface area (Å²) in [5, 5.41) is 9.80. The Bertz CT molecular complexity index is 692. The normalized spacial score (nSPS) is 23.0. The van der Waals surface area contributed by atoms with Crippen LogP contribution in [0.25, 0.3) is 0 Å². The number of ether oxygens (including phenoxy) is 1. The zero-order valence-corrected chi connectivity index (χ0v) is 17.9. The Labute approximate surface area is 174 Å². The number of carbonyl (C=O) groups is 1. The molecular formula is C23H36N4O2. The van der Waals surface area contributed by atoms with E-state index in [0.29, 0.717) is 6.54 Å². The van der Waals surface area contributed by atoms with Crippen molar-refractivity contribution in [2.45, 2.75) is 70.9 Å². The third-order valence-corrected chi connectivity index (χ3v) is 5.86. The lowest BCUT2D eigenvalue weighted by atomic mass is 9.88. The minimum Gasteiger partial charge on any atom is -0.373 e. The summed E-state index contributed by atoms with van der Waals surface area (Å²) in [4.78, 5) is 17.2. The topological polar surface area (TPSA) is 74.8 Å². The van der Waals surface area contributed by atoms with Crippen LogP contribution in [0.5, 0.6) is 0 Å². The zero-order chi connectivity index (χ0) is 20.5. The van der Waals surface area contributed by atoms with Gasteiger partial charge in [-0.25, -0.2) is 4.99 Å². The first kappa shape index (κ1) is 21.6. The number of hydrogen-bond donors (Lipinski definition) is 3. The molecule has 1 heterocycles. The van der Waals surface area contributed by atoms with Gasteiger partial charge in [-0.15, -0.1) is 0 Å². The van der Waals surface area contributed by atoms with Crippen LogP contribution in [-0.2, 0) is 16.1 Å². The molecule has 29 heavy (non-hydrogen) atoms. The Balaban J connectivity index is 1.56. The van der Waals surface area contributed by atoms with Gasteiger partial charge < -0.3 is 20.7 Å². The molecule has 1 aliphatic heterocycles. The van der Waals surface area contributed by atoms with Gasteiger partial charge >= 0.3 is 0 Å². The van der Waals surface area contributed by atoms with Crippen molar-refractivity contribution in [3.05, 3.63) is 29.8 Å². The third-order valence-electron chi connectivity index (χ3n) is 5.86. The predicted molar refractivity (Wildman–Crippen MR) is 118 cm³/mol. The highest BCUT2D eigenvalue weighted by atomic mass is 16.5. The van der Waals surface area contributed by atoms with E-state index in [1.807, 2.05) is 24.3 Å². The van der Waals surface area contributed by atoms with Crippen LogP contribution in [0.1, 0.15) is 64.4 Å². The fraction of sp³-hybridized carbons (Fsp3) is 0.652. The first-order chi connectivity index (χ1) is 14.1. The van der Waals surface area contributed by atoms with Gasteiger partial charge in [-0.2, -0.15) is 0 Å². The molecule has 0 bridgehead atoms. The fourth-order valence-corrected chi connectivity index (χ4v) is 4.12. The van der Waals surface area contributed by atoms with Crippen LogP contribution >= 0.6 is 0 Å². The van der Waals surface area contributed by atoms with Gasteiger partial charge in [0.05, 0.1) is 12.1 Å². The molecule has 1 saturated carbocycles. The van der Waals surface area contributed by atoms with Gasteiger partial charge in [0.2, 0.25) is 5.91 Å². The van der Waals surface area contributed by atoms with Crippen molar-refractivity contribution in [1.82, 2.24) is 10.6 Å². The summed E-state index contributed by atoms with van der Waals surface area (Å²) < 4.78 is 5.85. The Morgan fingerprint density at radius 1 is 1.21 bits per heavy atom. The molecule has 6 nitrogen and oxygen atoms in total. The molecule has 1 unspecified atom stereocenters. The highest BCUT2D eigenvalue weighted by molar-refractivity contribution is 5.92. The van der Waals surface area contributed by atoms with Gasteiger partial charge in [0, 0.05) is 31.3 Å². The van der Waals surface area contributed by atoms with Crippen LogP contribution in [0.4, 0.5) is 5.69 Å². The van der Waals surface area contributed by atoms with E-state index in [0.717, 1.165) is 75.4 Å². The van der Waals surface area contributed by atoms with E-state index in [-0.39, 0.29) is 17.4 Å². The van der Waals surface area contributed by atoms with Crippen molar-refractivity contribution < 1.29 is 9.53 Å². The first-order valence-corrected chi connectivity index (χ1v) is 11.1. The summed E-state index contributed by atoms with van der Waals surface area (Å²) in [6.45, 7) is 7.16. The van der Waals surface area contributed by atoms with Crippen molar-refractivity contribution in [2.24, 2.45) is 10.9 Å². The van der Waals surface area contributed by atoms with Gasteiger partial charge in [0.15, 0.2) is 5.96 Å². The van der Waals surface area contributed by atoms with Crippen LogP contribution in [-0.4, -0.2) is 37.2 Å². The molecule has 0 aromatic heterocycles. The average Bonchev–Trinajstić information content (AvgIpc) is 3.18. The van der Waals surface area contributed by atoms with Crippen molar-refractivity contribution >= 4 is 17.6 Å². The molecular weight excluding hydrogens is 364 g/mol. The lowest BCUT2D eigenvalue weighted by molar-refractivity contribution is -0.120. The van der Waals surface area contributed by atoms with E-state index < -0.39 is 0 Å². The van der Waals surface area contributed by atoms with Crippen molar-refractivity contribution in [3.8, 4) is 0 Å². The second-order valence-electron chi connectivity index (χ2n) is 8.48. The van der Waals surface area contributed by atoms with Gasteiger partial charge in [0.1, 0.15) is 0 Å². The van der Waals surface area contributed by atoms with Crippen LogP contribution in [0.15, 0.2) is 29.3 Å². The average molecular weight is 401 g/mol. The minimum atomic E-state index is -0.112. The molecule has 2 fully saturated rings. The fourth-order valence-electron chi connectivity index (χ4n) is 4.12. The molecule has 160 valence electrons. The summed E-state index contributed by atoms with van der Waals surface area (Å²) in [5.41, 5.74) is 1.82. The van der Waals surface area contributed by atoms with Crippen LogP contribution < -0.4 is 16.0 Å². The highest BCUT2D eigenvalue weighted by Gasteiger charge is 2.29. The number of carbonyl (C=O) groups excluding carboxylic acids is 1. The first-order valence-electron chi connectivity index (χ1n) is 11.1. The summed E-state index contributed by atoms with van der Waals surface area (Å²) in [6, 6.07) is 8.00. The maximum absolute atomic E-state index is 12.5. The molecule has 1 aromatic carbocycles. The Hall–Kier alpha value is -2.08. The number of hydrogen-bond acceptors (Lipinski definition) is 3. The zero-order valence-electron chi connectivity index (χ0n) is 17.9. The standard InChI is InChI=1S/C23H36N4O2/c1-3-24-22(26-17-23(2)13-8-14-29-23)25-16-18-9-7-12-20(15-18)27-21(28)19-10-5-4-6-11-19/h7,9,12,15,19H,3-6,8,10-11,13-14,16-17H2,1-2H3,(H,27,28)(H2,24,25,26). The van der Waals surface area contributed by atoms with Crippen LogP contribution in [0.2, 0.25) is 0 Å². The van der Waals surface area contributed by atoms with E-state index >= 15 is 0 Å². The molecule has 1 aliphatic carbocycles. The lowest BCUT2D eigenvalue weighted by Gasteiger charge is -2.24. The molecule has 2 aliphatic rings. The number of rotatable bonds is 7. The Kier molecular flexibility index (Phi) is 7.92. The van der Waals surface area contributed by atoms with E-state index in [1.165, 1.54) is 6.42 Å². The third kappa shape index (κ3) is 6.74. The van der Waals surface area contributed by atoms with Crippen molar-refractivity contribution in [2.75, 3.05) is 25.0 Å². The van der Waals surface area contributed by atoms with Crippen LogP contribution in [0.3, 0.4) is 0 Å². The van der Waals surface area contributed by atoms with Crippen molar-refractivity contribution in [1.29, 1.82) is 0 Å². The van der Waals surface area contributed by atoms with Crippen molar-refractivity contribution in [3.63, 3.8) is 0 Å². The Morgan fingerprint density at radius 3 is 2.76 bits per heavy atom. The number of nitrogens with zero attached hydrogens (tertiary/aromatic N) is 1. The number of benzene rings is 1. The minimum absolute atomic E-state index is 0.112. The molecule has 6 heteroatoms. The van der Waals surface area contributed by atoms with Gasteiger partial charge in [-0.3, -0.25) is 4.79 Å². The highest BCUT2D eigenvalue weighted by Crippen LogP contribution is 2.25. The summed E-state index contributed by atoms with van der Waals surface area (Å²) >= 11 is 0. The molecule has 1 atom stereocenters. The molecule has 3 N–H and O–H groups in total. The maximum Gasteiger partial charge on any atom is 0.227 e. The molecule has 3 rings (SSSR count). The van der Waals surface area contributed by atoms with E-state index in [2.05, 4.69) is 29.8 Å². The molecule has 0 radical (unpaired) electrons. The Morgan fingerprint density at radius 2 is 2.03 bits per heavy atom. The summed E-state index contributed by atoms with van der Waals surface area (Å²) in [6.07, 6.45) is 7.79. The van der Waals surface area contributed by atoms with Crippen LogP contribution in [0, 0.1) is 5.92 Å².